The molecule has 0 aliphatic heterocycles. The summed E-state index contributed by atoms with van der Waals surface area (Å²) in [7, 11) is 2.72. The van der Waals surface area contributed by atoms with E-state index in [1.165, 1.54) is 21.1 Å². The van der Waals surface area contributed by atoms with Crippen LogP contribution < -0.4 is 0 Å². The van der Waals surface area contributed by atoms with Crippen molar-refractivity contribution in [1.29, 1.82) is 0 Å². The standard InChI is InChI=1S/C9H18O5/c1-5-6(7(10)11)9(2,12)8(13-3)14-4/h6,8,12H,5H2,1-4H3,(H,10,11). The van der Waals surface area contributed by atoms with Gasteiger partial charge in [0.2, 0.25) is 0 Å². The largest absolute Gasteiger partial charge is 0.481 e. The Labute approximate surface area is 83.6 Å². The van der Waals surface area contributed by atoms with Crippen LogP contribution >= 0.6 is 0 Å². The second-order valence-electron chi connectivity index (χ2n) is 3.33. The van der Waals surface area contributed by atoms with Crippen LogP contribution in [0.25, 0.3) is 0 Å². The molecule has 0 rings (SSSR count). The first-order chi connectivity index (χ1) is 6.41. The molecule has 0 bridgehead atoms. The Balaban J connectivity index is 4.78. The number of carboxylic acids is 1. The molecule has 0 aromatic carbocycles. The van der Waals surface area contributed by atoms with Crippen LogP contribution in [-0.4, -0.2) is 42.3 Å². The van der Waals surface area contributed by atoms with E-state index in [1.54, 1.807) is 6.92 Å². The molecule has 2 atom stereocenters. The summed E-state index contributed by atoms with van der Waals surface area (Å²) in [6.45, 7) is 3.09. The lowest BCUT2D eigenvalue weighted by Gasteiger charge is -2.34. The Kier molecular flexibility index (Phi) is 5.04. The lowest BCUT2D eigenvalue weighted by atomic mass is 9.86. The normalized spacial score (nSPS) is 17.9. The predicted octanol–water partition coefficient (Wildman–Crippen LogP) is 0.467. The number of aliphatic carboxylic acids is 1. The van der Waals surface area contributed by atoms with Gasteiger partial charge >= 0.3 is 5.97 Å². The fourth-order valence-electron chi connectivity index (χ4n) is 1.58. The van der Waals surface area contributed by atoms with Crippen LogP contribution in [0.4, 0.5) is 0 Å². The predicted molar refractivity (Wildman–Crippen MR) is 49.8 cm³/mol. The summed E-state index contributed by atoms with van der Waals surface area (Å²) in [5, 5.41) is 18.9. The molecule has 0 aliphatic rings. The molecule has 14 heavy (non-hydrogen) atoms. The summed E-state index contributed by atoms with van der Waals surface area (Å²) in [6.07, 6.45) is -0.630. The first kappa shape index (κ1) is 13.4. The van der Waals surface area contributed by atoms with Crippen LogP contribution in [-0.2, 0) is 14.3 Å². The zero-order chi connectivity index (χ0) is 11.4. The Morgan fingerprint density at radius 2 is 1.86 bits per heavy atom. The molecule has 0 aromatic heterocycles. The van der Waals surface area contributed by atoms with E-state index in [9.17, 15) is 9.90 Å². The summed E-state index contributed by atoms with van der Waals surface area (Å²) >= 11 is 0. The highest BCUT2D eigenvalue weighted by molar-refractivity contribution is 5.71. The van der Waals surface area contributed by atoms with Crippen LogP contribution in [0.3, 0.4) is 0 Å². The van der Waals surface area contributed by atoms with Crippen molar-refractivity contribution >= 4 is 5.97 Å². The molecule has 0 aliphatic carbocycles. The SMILES string of the molecule is CCC(C(=O)O)C(C)(O)C(OC)OC. The van der Waals surface area contributed by atoms with E-state index in [-0.39, 0.29) is 0 Å². The van der Waals surface area contributed by atoms with Gasteiger partial charge in [-0.2, -0.15) is 0 Å². The maximum absolute atomic E-state index is 10.8. The third kappa shape index (κ3) is 2.67. The first-order valence-electron chi connectivity index (χ1n) is 4.42. The summed E-state index contributed by atoms with van der Waals surface area (Å²) < 4.78 is 9.72. The number of hydrogen-bond acceptors (Lipinski definition) is 4. The van der Waals surface area contributed by atoms with Crippen molar-refractivity contribution in [2.24, 2.45) is 5.92 Å². The van der Waals surface area contributed by atoms with Gasteiger partial charge in [0.1, 0.15) is 5.60 Å². The molecular weight excluding hydrogens is 188 g/mol. The molecule has 5 heteroatoms. The fourth-order valence-corrected chi connectivity index (χ4v) is 1.58. The molecule has 0 spiro atoms. The smallest absolute Gasteiger partial charge is 0.309 e. The third-order valence-electron chi connectivity index (χ3n) is 2.32. The fraction of sp³-hybridized carbons (Fsp3) is 0.889. The topological polar surface area (TPSA) is 76.0 Å². The van der Waals surface area contributed by atoms with E-state index in [0.29, 0.717) is 6.42 Å². The minimum atomic E-state index is -1.54. The summed E-state index contributed by atoms with van der Waals surface area (Å²) in [4.78, 5) is 10.8. The number of carboxylic acid groups (broad SMARTS) is 1. The Morgan fingerprint density at radius 3 is 2.07 bits per heavy atom. The van der Waals surface area contributed by atoms with Crippen molar-refractivity contribution in [2.75, 3.05) is 14.2 Å². The van der Waals surface area contributed by atoms with Crippen LogP contribution in [0.2, 0.25) is 0 Å². The monoisotopic (exact) mass is 206 g/mol. The molecule has 0 heterocycles. The van der Waals surface area contributed by atoms with Gasteiger partial charge in [0.05, 0.1) is 5.92 Å². The highest BCUT2D eigenvalue weighted by atomic mass is 16.7. The lowest BCUT2D eigenvalue weighted by Crippen LogP contribution is -2.50. The molecular formula is C9H18O5. The van der Waals surface area contributed by atoms with Crippen LogP contribution in [0, 0.1) is 5.92 Å². The zero-order valence-electron chi connectivity index (χ0n) is 8.98. The van der Waals surface area contributed by atoms with E-state index in [2.05, 4.69) is 0 Å². The van der Waals surface area contributed by atoms with Gasteiger partial charge in [0, 0.05) is 14.2 Å². The van der Waals surface area contributed by atoms with E-state index in [1.807, 2.05) is 0 Å². The summed E-state index contributed by atoms with van der Waals surface area (Å²) in [5.74, 6) is -1.97. The van der Waals surface area contributed by atoms with Gasteiger partial charge in [-0.15, -0.1) is 0 Å². The van der Waals surface area contributed by atoms with Crippen molar-refractivity contribution in [2.45, 2.75) is 32.2 Å². The number of carbonyl (C=O) groups is 1. The highest BCUT2D eigenvalue weighted by Crippen LogP contribution is 2.26. The maximum atomic E-state index is 10.8. The van der Waals surface area contributed by atoms with Crippen molar-refractivity contribution in [1.82, 2.24) is 0 Å². The molecule has 0 saturated carbocycles. The number of rotatable bonds is 6. The number of ether oxygens (including phenoxy) is 2. The van der Waals surface area contributed by atoms with Crippen molar-refractivity contribution < 1.29 is 24.5 Å². The van der Waals surface area contributed by atoms with Gasteiger partial charge in [-0.25, -0.2) is 0 Å². The lowest BCUT2D eigenvalue weighted by molar-refractivity contribution is -0.230. The second kappa shape index (κ2) is 5.29. The van der Waals surface area contributed by atoms with Crippen LogP contribution in [0.1, 0.15) is 20.3 Å². The quantitative estimate of drug-likeness (QED) is 0.618. The van der Waals surface area contributed by atoms with Crippen molar-refractivity contribution in [3.05, 3.63) is 0 Å². The molecule has 0 radical (unpaired) electrons. The van der Waals surface area contributed by atoms with E-state index < -0.39 is 23.8 Å². The van der Waals surface area contributed by atoms with Crippen molar-refractivity contribution in [3.63, 3.8) is 0 Å². The average Bonchev–Trinajstić information content (AvgIpc) is 2.05. The molecule has 0 fully saturated rings. The second-order valence-corrected chi connectivity index (χ2v) is 3.33. The van der Waals surface area contributed by atoms with Crippen LogP contribution in [0.5, 0.6) is 0 Å². The molecule has 0 saturated heterocycles. The Hall–Kier alpha value is -0.650. The highest BCUT2D eigenvalue weighted by Gasteiger charge is 2.43. The third-order valence-corrected chi connectivity index (χ3v) is 2.32. The molecule has 0 aromatic rings. The van der Waals surface area contributed by atoms with Gasteiger partial charge in [0.15, 0.2) is 6.29 Å². The van der Waals surface area contributed by atoms with Gasteiger partial charge in [-0.3, -0.25) is 4.79 Å². The first-order valence-corrected chi connectivity index (χ1v) is 4.42. The average molecular weight is 206 g/mol. The van der Waals surface area contributed by atoms with Crippen molar-refractivity contribution in [3.8, 4) is 0 Å². The zero-order valence-corrected chi connectivity index (χ0v) is 8.98. The number of methoxy groups -OCH3 is 2. The van der Waals surface area contributed by atoms with Crippen LogP contribution in [0.15, 0.2) is 0 Å². The maximum Gasteiger partial charge on any atom is 0.309 e. The molecule has 0 amide bonds. The summed E-state index contributed by atoms with van der Waals surface area (Å²) in [6, 6.07) is 0. The molecule has 84 valence electrons. The number of hydrogen-bond donors (Lipinski definition) is 2. The Bertz CT molecular complexity index is 186. The van der Waals surface area contributed by atoms with Gasteiger partial charge in [-0.1, -0.05) is 6.92 Å². The molecule has 5 nitrogen and oxygen atoms in total. The molecule has 2 unspecified atom stereocenters. The minimum absolute atomic E-state index is 0.311. The Morgan fingerprint density at radius 1 is 1.43 bits per heavy atom. The number of aliphatic hydroxyl groups is 1. The summed E-state index contributed by atoms with van der Waals surface area (Å²) in [5.41, 5.74) is -1.54. The van der Waals surface area contributed by atoms with E-state index in [0.717, 1.165) is 0 Å². The van der Waals surface area contributed by atoms with Gasteiger partial charge in [0.25, 0.3) is 0 Å². The minimum Gasteiger partial charge on any atom is -0.481 e. The van der Waals surface area contributed by atoms with E-state index >= 15 is 0 Å². The van der Waals surface area contributed by atoms with Gasteiger partial charge in [-0.05, 0) is 13.3 Å². The molecule has 2 N–H and O–H groups in total. The van der Waals surface area contributed by atoms with Gasteiger partial charge < -0.3 is 19.7 Å². The van der Waals surface area contributed by atoms with E-state index in [4.69, 9.17) is 14.6 Å².